The molecule has 1 aromatic carbocycles. The van der Waals surface area contributed by atoms with Crippen molar-refractivity contribution in [1.82, 2.24) is 9.97 Å². The Morgan fingerprint density at radius 3 is 2.59 bits per heavy atom. The maximum Gasteiger partial charge on any atom is 0.193 e. The number of aromatic nitrogens is 2. The molecule has 3 fully saturated rings. The first-order chi connectivity index (χ1) is 15.7. The van der Waals surface area contributed by atoms with E-state index in [2.05, 4.69) is 22.1 Å². The number of pyridine rings is 1. The van der Waals surface area contributed by atoms with Gasteiger partial charge in [-0.2, -0.15) is 0 Å². The van der Waals surface area contributed by atoms with E-state index in [-0.39, 0.29) is 30.7 Å². The van der Waals surface area contributed by atoms with E-state index in [4.69, 9.17) is 14.2 Å². The molecule has 0 spiro atoms. The number of hydrogen-bond donors (Lipinski definition) is 2. The molecule has 3 aliphatic rings. The summed E-state index contributed by atoms with van der Waals surface area (Å²) in [4.78, 5) is 7.66. The van der Waals surface area contributed by atoms with E-state index in [1.165, 1.54) is 43.7 Å². The molecule has 0 bridgehead atoms. The topological polar surface area (TPSA) is 76.6 Å². The van der Waals surface area contributed by atoms with Crippen LogP contribution in [0, 0.1) is 5.82 Å². The van der Waals surface area contributed by atoms with Gasteiger partial charge < -0.3 is 24.3 Å². The summed E-state index contributed by atoms with van der Waals surface area (Å²) < 4.78 is 32.1. The van der Waals surface area contributed by atoms with E-state index in [0.29, 0.717) is 35.1 Å². The van der Waals surface area contributed by atoms with Gasteiger partial charge in [0.15, 0.2) is 17.8 Å². The number of halogens is 1. The minimum atomic E-state index is -0.626. The number of fused-ring (bicyclic) bond motifs is 2. The first kappa shape index (κ1) is 20.1. The van der Waals surface area contributed by atoms with Crippen molar-refractivity contribution < 1.29 is 23.7 Å². The molecule has 0 amide bonds. The van der Waals surface area contributed by atoms with Crippen molar-refractivity contribution in [3.05, 3.63) is 47.8 Å². The molecule has 32 heavy (non-hydrogen) atoms. The van der Waals surface area contributed by atoms with Gasteiger partial charge in [-0.15, -0.1) is 0 Å². The second-order valence-electron chi connectivity index (χ2n) is 9.16. The highest BCUT2D eigenvalue weighted by atomic mass is 19.1. The fourth-order valence-corrected chi connectivity index (χ4v) is 5.33. The third-order valence-electron chi connectivity index (χ3n) is 7.05. The van der Waals surface area contributed by atoms with Crippen LogP contribution in [0.1, 0.15) is 43.6 Å². The molecule has 2 saturated heterocycles. The van der Waals surface area contributed by atoms with Gasteiger partial charge in [-0.05, 0) is 24.3 Å². The molecule has 2 aliphatic heterocycles. The number of rotatable bonds is 4. The monoisotopic (exact) mass is 438 g/mol. The third kappa shape index (κ3) is 3.58. The van der Waals surface area contributed by atoms with Crippen molar-refractivity contribution in [1.29, 1.82) is 0 Å². The lowest BCUT2D eigenvalue weighted by atomic mass is 9.84. The zero-order valence-corrected chi connectivity index (χ0v) is 17.8. The van der Waals surface area contributed by atoms with Crippen LogP contribution in [0.4, 0.5) is 4.39 Å². The van der Waals surface area contributed by atoms with Crippen LogP contribution in [0.3, 0.4) is 0 Å². The van der Waals surface area contributed by atoms with Crippen molar-refractivity contribution in [2.45, 2.75) is 62.4 Å². The average Bonchev–Trinajstić information content (AvgIpc) is 3.51. The standard InChI is InChI=1S/C25H27FN2O4/c26-17-10-18-19(11-22(27-18)32-21-13-31-24-20(29)12-30-25(21)24)28-23(17)16-8-6-15(7-9-16)14-4-2-1-3-5-14/h6-11,14,20-21,24-25,27,29H,1-5,12-13H2/t20-,21-,24?,25-/m1/s1. The summed E-state index contributed by atoms with van der Waals surface area (Å²) in [6.45, 7) is 0.583. The van der Waals surface area contributed by atoms with E-state index < -0.39 is 6.10 Å². The van der Waals surface area contributed by atoms with Gasteiger partial charge >= 0.3 is 0 Å². The Morgan fingerprint density at radius 1 is 1.00 bits per heavy atom. The fourth-order valence-electron chi connectivity index (χ4n) is 5.33. The number of aromatic amines is 1. The Kier molecular flexibility index (Phi) is 5.12. The summed E-state index contributed by atoms with van der Waals surface area (Å²) in [7, 11) is 0. The smallest absolute Gasteiger partial charge is 0.193 e. The summed E-state index contributed by atoms with van der Waals surface area (Å²) in [6, 6.07) is 11.4. The number of nitrogens with zero attached hydrogens (tertiary/aromatic N) is 1. The van der Waals surface area contributed by atoms with Gasteiger partial charge in [-0.3, -0.25) is 0 Å². The molecule has 3 aromatic rings. The van der Waals surface area contributed by atoms with Crippen LogP contribution in [-0.4, -0.2) is 52.7 Å². The minimum absolute atomic E-state index is 0.248. The highest BCUT2D eigenvalue weighted by molar-refractivity contribution is 5.80. The van der Waals surface area contributed by atoms with Crippen LogP contribution in [0.2, 0.25) is 0 Å². The molecule has 2 N–H and O–H groups in total. The highest BCUT2D eigenvalue weighted by Crippen LogP contribution is 2.35. The minimum Gasteiger partial charge on any atom is -0.470 e. The van der Waals surface area contributed by atoms with E-state index >= 15 is 0 Å². The van der Waals surface area contributed by atoms with E-state index in [1.807, 2.05) is 12.1 Å². The van der Waals surface area contributed by atoms with Crippen molar-refractivity contribution in [2.75, 3.05) is 13.2 Å². The molecule has 4 atom stereocenters. The van der Waals surface area contributed by atoms with Crippen LogP contribution < -0.4 is 4.74 Å². The normalized spacial score (nSPS) is 28.3. The molecule has 7 heteroatoms. The van der Waals surface area contributed by atoms with Gasteiger partial charge in [0.25, 0.3) is 0 Å². The lowest BCUT2D eigenvalue weighted by molar-refractivity contribution is 0.00794. The first-order valence-electron chi connectivity index (χ1n) is 11.5. The molecule has 1 unspecified atom stereocenters. The molecular weight excluding hydrogens is 411 g/mol. The van der Waals surface area contributed by atoms with Crippen molar-refractivity contribution in [3.8, 4) is 17.1 Å². The largest absolute Gasteiger partial charge is 0.470 e. The Bertz CT molecular complexity index is 1110. The Balaban J connectivity index is 1.23. The number of hydrogen-bond acceptors (Lipinski definition) is 5. The molecule has 168 valence electrons. The van der Waals surface area contributed by atoms with E-state index in [1.54, 1.807) is 6.07 Å². The number of H-pyrrole nitrogens is 1. The second kappa shape index (κ2) is 8.14. The fraction of sp³-hybridized carbons (Fsp3) is 0.480. The predicted octanol–water partition coefficient (Wildman–Crippen LogP) is 4.32. The second-order valence-corrected chi connectivity index (χ2v) is 9.16. The zero-order chi connectivity index (χ0) is 21.7. The maximum atomic E-state index is 14.9. The summed E-state index contributed by atoms with van der Waals surface area (Å²) in [6.07, 6.45) is 4.76. The van der Waals surface area contributed by atoms with Gasteiger partial charge in [-0.25, -0.2) is 9.37 Å². The third-order valence-corrected chi connectivity index (χ3v) is 7.05. The molecule has 1 saturated carbocycles. The van der Waals surface area contributed by atoms with E-state index in [0.717, 1.165) is 5.56 Å². The van der Waals surface area contributed by atoms with Crippen LogP contribution in [-0.2, 0) is 9.47 Å². The van der Waals surface area contributed by atoms with Gasteiger partial charge in [0.1, 0.15) is 24.0 Å². The zero-order valence-electron chi connectivity index (χ0n) is 17.8. The number of aliphatic hydroxyl groups excluding tert-OH is 1. The molecule has 1 aliphatic carbocycles. The Labute approximate surface area is 185 Å². The first-order valence-corrected chi connectivity index (χ1v) is 11.5. The van der Waals surface area contributed by atoms with Gasteiger partial charge in [-0.1, -0.05) is 43.5 Å². The predicted molar refractivity (Wildman–Crippen MR) is 117 cm³/mol. The van der Waals surface area contributed by atoms with Crippen molar-refractivity contribution in [2.24, 2.45) is 0 Å². The molecular formula is C25H27FN2O4. The van der Waals surface area contributed by atoms with Gasteiger partial charge in [0.05, 0.1) is 24.2 Å². The SMILES string of the molecule is O[C@@H]1CO[C@H]2C1OC[C@H]2Oc1cc2nc(-c3ccc(C4CCCCC4)cc3)c(F)cc2[nH]1. The number of aliphatic hydroxyl groups is 1. The lowest BCUT2D eigenvalue weighted by Gasteiger charge is -2.22. The highest BCUT2D eigenvalue weighted by Gasteiger charge is 2.48. The van der Waals surface area contributed by atoms with E-state index in [9.17, 15) is 9.50 Å². The van der Waals surface area contributed by atoms with Crippen LogP contribution in [0.15, 0.2) is 36.4 Å². The summed E-state index contributed by atoms with van der Waals surface area (Å²) >= 11 is 0. The van der Waals surface area contributed by atoms with Gasteiger partial charge in [0.2, 0.25) is 0 Å². The number of benzene rings is 1. The van der Waals surface area contributed by atoms with Crippen molar-refractivity contribution >= 4 is 11.0 Å². The average molecular weight is 438 g/mol. The summed E-state index contributed by atoms with van der Waals surface area (Å²) in [5, 5.41) is 9.89. The molecule has 2 aromatic heterocycles. The van der Waals surface area contributed by atoms with Crippen LogP contribution in [0.25, 0.3) is 22.3 Å². The quantitative estimate of drug-likeness (QED) is 0.634. The lowest BCUT2D eigenvalue weighted by Crippen LogP contribution is -2.34. The molecule has 0 radical (unpaired) electrons. The summed E-state index contributed by atoms with van der Waals surface area (Å²) in [5.41, 5.74) is 3.65. The van der Waals surface area contributed by atoms with Crippen molar-refractivity contribution in [3.63, 3.8) is 0 Å². The molecule has 6 nitrogen and oxygen atoms in total. The summed E-state index contributed by atoms with van der Waals surface area (Å²) in [5.74, 6) is 0.727. The molecule has 6 rings (SSSR count). The number of nitrogens with one attached hydrogen (secondary N) is 1. The maximum absolute atomic E-state index is 14.9. The van der Waals surface area contributed by atoms with Gasteiger partial charge in [0, 0.05) is 17.7 Å². The molecule has 4 heterocycles. The Hall–Kier alpha value is -2.48. The number of ether oxygens (including phenoxy) is 3. The van der Waals surface area contributed by atoms with Crippen LogP contribution >= 0.6 is 0 Å². The van der Waals surface area contributed by atoms with Crippen LogP contribution in [0.5, 0.6) is 5.88 Å². The Morgan fingerprint density at radius 2 is 1.78 bits per heavy atom.